The van der Waals surface area contributed by atoms with Gasteiger partial charge in [-0.1, -0.05) is 19.1 Å². The van der Waals surface area contributed by atoms with E-state index in [2.05, 4.69) is 0 Å². The molecule has 2 aromatic carbocycles. The van der Waals surface area contributed by atoms with Gasteiger partial charge in [-0.3, -0.25) is 9.59 Å². The molecule has 0 unspecified atom stereocenters. The zero-order chi connectivity index (χ0) is 36.6. The quantitative estimate of drug-likeness (QED) is 0.196. The number of fused-ring (bicyclic) bond motifs is 3. The molecule has 11 atom stereocenters. The molecule has 2 aliphatic heterocycles. The molecule has 0 radical (unpaired) electrons. The first kappa shape index (κ1) is 36.6. The first-order valence-corrected chi connectivity index (χ1v) is 17.1. The van der Waals surface area contributed by atoms with Gasteiger partial charge in [0.2, 0.25) is 5.78 Å². The Labute approximate surface area is 290 Å². The summed E-state index contributed by atoms with van der Waals surface area (Å²) in [6.07, 6.45) is -7.20. The minimum absolute atomic E-state index is 0.0702. The molecule has 0 saturated carbocycles. The fourth-order valence-electron chi connectivity index (χ4n) is 8.05. The number of carbonyl (C=O) groups is 2. The Morgan fingerprint density at radius 2 is 1.32 bits per heavy atom. The van der Waals surface area contributed by atoms with Gasteiger partial charge in [0, 0.05) is 48.0 Å². The van der Waals surface area contributed by atoms with Crippen molar-refractivity contribution in [1.29, 1.82) is 0 Å². The second-order valence-corrected chi connectivity index (χ2v) is 14.5. The zero-order valence-electron chi connectivity index (χ0n) is 29.4. The van der Waals surface area contributed by atoms with Crippen LogP contribution in [0.1, 0.15) is 102 Å². The number of hydrogen-bond acceptors (Lipinski definition) is 14. The number of likely N-dealkylation sites (N-methyl/N-ethyl adjacent to an activating group) is 2. The van der Waals surface area contributed by atoms with Crippen LogP contribution in [0.25, 0.3) is 0 Å². The summed E-state index contributed by atoms with van der Waals surface area (Å²) in [7, 11) is 7.25. The molecule has 0 aromatic heterocycles. The largest absolute Gasteiger partial charge is 0.507 e. The monoisotopic (exact) mass is 700 g/mol. The molecule has 14 heteroatoms. The maximum atomic E-state index is 14.0. The van der Waals surface area contributed by atoms with Gasteiger partial charge in [0.1, 0.15) is 23.4 Å². The van der Waals surface area contributed by atoms with E-state index in [-0.39, 0.29) is 60.0 Å². The Bertz CT molecular complexity index is 1660. The number of benzene rings is 2. The van der Waals surface area contributed by atoms with Crippen molar-refractivity contribution in [3.05, 3.63) is 51.6 Å². The van der Waals surface area contributed by atoms with E-state index in [1.54, 1.807) is 20.8 Å². The SMILES string of the molecule is CC[C@]1(O)C[C@H](O[C@@H]2C[C@H](N(C)C)[C@H](O)[C@H](C)O2)c2c(O)c3c(c(O)c2[C@@H]1O[C@@H]1C[C@H](N(C)C)[C@@H](O)[C@H](C)O1)C(=O)c1cccc(O)c1C3=O. The number of phenolic OH excluding ortho intramolecular Hbond substituents is 3. The van der Waals surface area contributed by atoms with E-state index in [0.717, 1.165) is 0 Å². The lowest BCUT2D eigenvalue weighted by atomic mass is 9.70. The fraction of sp³-hybridized carbons (Fsp3) is 0.611. The van der Waals surface area contributed by atoms with Crippen LogP contribution in [-0.4, -0.2) is 135 Å². The molecule has 6 rings (SSSR count). The van der Waals surface area contributed by atoms with Crippen LogP contribution in [0.2, 0.25) is 0 Å². The van der Waals surface area contributed by atoms with E-state index >= 15 is 0 Å². The van der Waals surface area contributed by atoms with Crippen LogP contribution < -0.4 is 0 Å². The lowest BCUT2D eigenvalue weighted by molar-refractivity contribution is -0.289. The van der Waals surface area contributed by atoms with Gasteiger partial charge in [0.15, 0.2) is 18.4 Å². The molecule has 2 heterocycles. The minimum atomic E-state index is -1.77. The molecule has 6 N–H and O–H groups in total. The van der Waals surface area contributed by atoms with E-state index in [9.17, 15) is 40.2 Å². The van der Waals surface area contributed by atoms with Crippen molar-refractivity contribution in [2.75, 3.05) is 28.2 Å². The number of rotatable bonds is 7. The number of carbonyl (C=O) groups excluding carboxylic acids is 2. The summed E-state index contributed by atoms with van der Waals surface area (Å²) in [6, 6.07) is 3.25. The standard InChI is InChI=1S/C36H48N2O12/c1-8-36(46)14-21(49-22-12-18(37(4)5)29(40)15(2)47-22)25-28(35(36)50-23-13-19(38(6)7)30(41)16(3)48-23)34(45)26-27(33(25)44)32(43)24-17(31(26)42)10-9-11-20(24)39/h9-11,15-16,18-19,21-23,29-30,35,39-41,44-46H,8,12-14H2,1-7H3/t15-,16-,18-,19-,21-,22+,23+,29+,30-,35-,36-/m0/s1. The van der Waals surface area contributed by atoms with Crippen molar-refractivity contribution >= 4 is 11.6 Å². The first-order valence-electron chi connectivity index (χ1n) is 17.1. The highest BCUT2D eigenvalue weighted by molar-refractivity contribution is 6.31. The van der Waals surface area contributed by atoms with Crippen LogP contribution in [0.3, 0.4) is 0 Å². The topological polar surface area (TPSA) is 199 Å². The summed E-state index contributed by atoms with van der Waals surface area (Å²) in [5, 5.41) is 68.8. The van der Waals surface area contributed by atoms with E-state index in [0.29, 0.717) is 0 Å². The van der Waals surface area contributed by atoms with Crippen LogP contribution in [0.15, 0.2) is 18.2 Å². The Kier molecular flexibility index (Phi) is 9.82. The molecular weight excluding hydrogens is 652 g/mol. The van der Waals surface area contributed by atoms with Crippen molar-refractivity contribution in [3.63, 3.8) is 0 Å². The number of ketones is 2. The molecule has 50 heavy (non-hydrogen) atoms. The minimum Gasteiger partial charge on any atom is -0.507 e. The van der Waals surface area contributed by atoms with Crippen LogP contribution in [0, 0.1) is 0 Å². The van der Waals surface area contributed by atoms with E-state index in [1.165, 1.54) is 18.2 Å². The Morgan fingerprint density at radius 1 is 0.800 bits per heavy atom. The van der Waals surface area contributed by atoms with Crippen molar-refractivity contribution in [1.82, 2.24) is 9.80 Å². The highest BCUT2D eigenvalue weighted by atomic mass is 16.7. The predicted molar refractivity (Wildman–Crippen MR) is 177 cm³/mol. The molecule has 274 valence electrons. The number of ether oxygens (including phenoxy) is 4. The number of aromatic hydroxyl groups is 3. The van der Waals surface area contributed by atoms with Gasteiger partial charge in [0.05, 0.1) is 52.8 Å². The van der Waals surface area contributed by atoms with Crippen LogP contribution >= 0.6 is 0 Å². The molecule has 0 bridgehead atoms. The third-order valence-electron chi connectivity index (χ3n) is 11.0. The van der Waals surface area contributed by atoms with Gasteiger partial charge in [0.25, 0.3) is 0 Å². The van der Waals surface area contributed by atoms with Crippen LogP contribution in [0.5, 0.6) is 17.2 Å². The molecule has 2 aromatic rings. The fourth-order valence-corrected chi connectivity index (χ4v) is 8.05. The van der Waals surface area contributed by atoms with Gasteiger partial charge < -0.3 is 59.4 Å². The molecule has 14 nitrogen and oxygen atoms in total. The van der Waals surface area contributed by atoms with Crippen molar-refractivity contribution < 1.29 is 59.2 Å². The lowest BCUT2D eigenvalue weighted by Crippen LogP contribution is -2.55. The molecule has 4 aliphatic rings. The number of nitrogens with zero attached hydrogens (tertiary/aromatic N) is 2. The van der Waals surface area contributed by atoms with Crippen molar-refractivity contribution in [2.24, 2.45) is 0 Å². The number of phenols is 3. The molecular formula is C36H48N2O12. The van der Waals surface area contributed by atoms with Crippen LogP contribution in [-0.2, 0) is 18.9 Å². The second-order valence-electron chi connectivity index (χ2n) is 14.5. The van der Waals surface area contributed by atoms with Gasteiger partial charge >= 0.3 is 0 Å². The number of aliphatic hydroxyl groups is 3. The van der Waals surface area contributed by atoms with Gasteiger partial charge in [-0.15, -0.1) is 0 Å². The second kappa shape index (κ2) is 13.4. The third-order valence-corrected chi connectivity index (χ3v) is 11.0. The number of aliphatic hydroxyl groups excluding tert-OH is 2. The lowest BCUT2D eigenvalue weighted by Gasteiger charge is -2.48. The average Bonchev–Trinajstić information content (AvgIpc) is 3.05. The molecule has 2 saturated heterocycles. The molecule has 2 fully saturated rings. The summed E-state index contributed by atoms with van der Waals surface area (Å²) in [5.74, 6) is -3.49. The molecule has 0 spiro atoms. The van der Waals surface area contributed by atoms with Gasteiger partial charge in [-0.2, -0.15) is 0 Å². The highest BCUT2D eigenvalue weighted by Crippen LogP contribution is 2.58. The maximum Gasteiger partial charge on any atom is 0.202 e. The van der Waals surface area contributed by atoms with Crippen LogP contribution in [0.4, 0.5) is 0 Å². The average molecular weight is 701 g/mol. The van der Waals surface area contributed by atoms with E-state index in [4.69, 9.17) is 18.9 Å². The van der Waals surface area contributed by atoms with Gasteiger partial charge in [-0.25, -0.2) is 0 Å². The Hall–Kier alpha value is -3.18. The smallest absolute Gasteiger partial charge is 0.202 e. The molecule has 0 amide bonds. The summed E-state index contributed by atoms with van der Waals surface area (Å²) >= 11 is 0. The van der Waals surface area contributed by atoms with E-state index in [1.807, 2.05) is 38.0 Å². The summed E-state index contributed by atoms with van der Waals surface area (Å²) in [5.41, 5.74) is -3.47. The summed E-state index contributed by atoms with van der Waals surface area (Å²) in [4.78, 5) is 31.6. The Morgan fingerprint density at radius 3 is 1.86 bits per heavy atom. The third kappa shape index (κ3) is 5.90. The number of hydrogen-bond donors (Lipinski definition) is 6. The van der Waals surface area contributed by atoms with Crippen molar-refractivity contribution in [2.45, 2.75) is 113 Å². The Balaban J connectivity index is 1.52. The summed E-state index contributed by atoms with van der Waals surface area (Å²) in [6.45, 7) is 5.12. The van der Waals surface area contributed by atoms with E-state index < -0.39 is 94.7 Å². The highest BCUT2D eigenvalue weighted by Gasteiger charge is 2.54. The maximum absolute atomic E-state index is 14.0. The first-order chi connectivity index (χ1) is 23.5. The normalized spacial score (nSPS) is 35.6. The van der Waals surface area contributed by atoms with Gasteiger partial charge in [-0.05, 0) is 54.5 Å². The zero-order valence-corrected chi connectivity index (χ0v) is 29.4. The van der Waals surface area contributed by atoms with Crippen molar-refractivity contribution in [3.8, 4) is 17.2 Å². The summed E-state index contributed by atoms with van der Waals surface area (Å²) < 4.78 is 25.1. The predicted octanol–water partition coefficient (Wildman–Crippen LogP) is 2.09. The molecule has 2 aliphatic carbocycles.